The van der Waals surface area contributed by atoms with Gasteiger partial charge in [-0.1, -0.05) is 31.5 Å². The van der Waals surface area contributed by atoms with E-state index in [0.717, 1.165) is 55.8 Å². The van der Waals surface area contributed by atoms with E-state index in [1.54, 1.807) is 14.2 Å². The number of halogens is 2. The first-order valence-corrected chi connectivity index (χ1v) is 13.5. The van der Waals surface area contributed by atoms with E-state index in [4.69, 9.17) is 21.1 Å². The fraction of sp³-hybridized carbons (Fsp3) is 0.517. The maximum atomic E-state index is 14.4. The van der Waals surface area contributed by atoms with Crippen LogP contribution in [0.3, 0.4) is 0 Å². The summed E-state index contributed by atoms with van der Waals surface area (Å²) in [4.78, 5) is 26.8. The Morgan fingerprint density at radius 2 is 1.82 bits per heavy atom. The molecule has 38 heavy (non-hydrogen) atoms. The van der Waals surface area contributed by atoms with Gasteiger partial charge in [-0.2, -0.15) is 0 Å². The number of benzene rings is 2. The molecule has 0 saturated heterocycles. The molecule has 7 nitrogen and oxygen atoms in total. The zero-order valence-electron chi connectivity index (χ0n) is 22.6. The van der Waals surface area contributed by atoms with Gasteiger partial charge < -0.3 is 29.8 Å². The van der Waals surface area contributed by atoms with Gasteiger partial charge in [0.15, 0.2) is 0 Å². The van der Waals surface area contributed by atoms with Gasteiger partial charge in [-0.3, -0.25) is 0 Å². The summed E-state index contributed by atoms with van der Waals surface area (Å²) < 4.78 is 25.3. The maximum absolute atomic E-state index is 14.4. The van der Waals surface area contributed by atoms with Gasteiger partial charge >= 0.3 is 6.03 Å². The molecule has 0 aliphatic heterocycles. The number of nitrogens with zero attached hydrogens (tertiary/aromatic N) is 1. The van der Waals surface area contributed by atoms with Crippen LogP contribution in [0.1, 0.15) is 57.4 Å². The lowest BCUT2D eigenvalue weighted by Crippen LogP contribution is -2.42. The zero-order chi connectivity index (χ0) is 27.7. The van der Waals surface area contributed by atoms with E-state index in [2.05, 4.69) is 29.4 Å². The molecule has 0 radical (unpaired) electrons. The average molecular weight is 548 g/mol. The fourth-order valence-electron chi connectivity index (χ4n) is 5.07. The van der Waals surface area contributed by atoms with Crippen molar-refractivity contribution in [3.63, 3.8) is 0 Å². The number of aldehydes is 1. The first kappa shape index (κ1) is 29.9. The number of ether oxygens (including phenoxy) is 2. The van der Waals surface area contributed by atoms with Crippen LogP contribution in [0.2, 0.25) is 5.02 Å². The van der Waals surface area contributed by atoms with Crippen LogP contribution in [0, 0.1) is 11.7 Å². The average Bonchev–Trinajstić information content (AvgIpc) is 2.89. The van der Waals surface area contributed by atoms with Crippen LogP contribution in [0.5, 0.6) is 0 Å². The van der Waals surface area contributed by atoms with Crippen molar-refractivity contribution in [3.8, 4) is 0 Å². The van der Waals surface area contributed by atoms with Crippen molar-refractivity contribution in [3.05, 3.63) is 52.8 Å². The van der Waals surface area contributed by atoms with Crippen molar-refractivity contribution in [1.29, 1.82) is 0 Å². The third-order valence-electron chi connectivity index (χ3n) is 6.96. The zero-order valence-corrected chi connectivity index (χ0v) is 23.4. The van der Waals surface area contributed by atoms with Gasteiger partial charge in [0, 0.05) is 44.2 Å². The van der Waals surface area contributed by atoms with E-state index in [9.17, 15) is 14.0 Å². The van der Waals surface area contributed by atoms with E-state index < -0.39 is 11.8 Å². The first-order valence-electron chi connectivity index (χ1n) is 13.1. The normalized spacial score (nSPS) is 18.2. The molecule has 1 aliphatic rings. The van der Waals surface area contributed by atoms with E-state index in [-0.39, 0.29) is 28.8 Å². The van der Waals surface area contributed by atoms with Crippen molar-refractivity contribution in [2.24, 2.45) is 5.92 Å². The number of urea groups is 1. The number of hydrogen-bond acceptors (Lipinski definition) is 5. The standard InChI is InChI=1S/C29H39ClFN3O4/c1-19(2)17-34(23-7-9-24(38-4)10-8-23)28-12-5-20(21(13-14-35)18-37-3)15-27(28)33-29(36)32-26-11-6-22(30)16-25(26)31/h5-6,11-12,14-16,19,21,23-24H,7-10,13,17-18H2,1-4H3,(H2,32,33,36). The Balaban J connectivity index is 1.97. The molecular weight excluding hydrogens is 509 g/mol. The Labute approximate surface area is 230 Å². The molecule has 0 spiro atoms. The number of amides is 2. The van der Waals surface area contributed by atoms with Gasteiger partial charge in [0.2, 0.25) is 0 Å². The highest BCUT2D eigenvalue weighted by Crippen LogP contribution is 2.36. The largest absolute Gasteiger partial charge is 0.384 e. The smallest absolute Gasteiger partial charge is 0.323 e. The van der Waals surface area contributed by atoms with E-state index >= 15 is 0 Å². The third-order valence-corrected chi connectivity index (χ3v) is 7.19. The molecule has 1 fully saturated rings. The highest BCUT2D eigenvalue weighted by atomic mass is 35.5. The Hall–Kier alpha value is -2.68. The van der Waals surface area contributed by atoms with Crippen LogP contribution in [-0.4, -0.2) is 51.8 Å². The molecule has 2 N–H and O–H groups in total. The lowest BCUT2D eigenvalue weighted by molar-refractivity contribution is -0.108. The van der Waals surface area contributed by atoms with E-state index in [0.29, 0.717) is 24.6 Å². The highest BCUT2D eigenvalue weighted by Gasteiger charge is 2.28. The number of carbonyl (C=O) groups excluding carboxylic acids is 2. The fourth-order valence-corrected chi connectivity index (χ4v) is 5.23. The molecule has 9 heteroatoms. The van der Waals surface area contributed by atoms with Gasteiger partial charge in [0.05, 0.1) is 29.8 Å². The van der Waals surface area contributed by atoms with Gasteiger partial charge in [-0.05, 0) is 67.5 Å². The van der Waals surface area contributed by atoms with Crippen LogP contribution >= 0.6 is 11.6 Å². The lowest BCUT2D eigenvalue weighted by atomic mass is 9.90. The van der Waals surface area contributed by atoms with Crippen molar-refractivity contribution in [2.75, 3.05) is 42.9 Å². The first-order chi connectivity index (χ1) is 18.2. The van der Waals surface area contributed by atoms with E-state index in [1.165, 1.54) is 12.1 Å². The molecule has 1 saturated carbocycles. The number of rotatable bonds is 12. The molecule has 2 aromatic rings. The molecule has 1 unspecified atom stereocenters. The molecule has 2 aromatic carbocycles. The monoisotopic (exact) mass is 547 g/mol. The van der Waals surface area contributed by atoms with E-state index in [1.807, 2.05) is 18.2 Å². The van der Waals surface area contributed by atoms with Crippen molar-refractivity contribution in [2.45, 2.75) is 64.0 Å². The molecule has 208 valence electrons. The lowest BCUT2D eigenvalue weighted by Gasteiger charge is -2.40. The van der Waals surface area contributed by atoms with Crippen molar-refractivity contribution >= 4 is 41.0 Å². The van der Waals surface area contributed by atoms with Crippen LogP contribution in [0.4, 0.5) is 26.2 Å². The molecule has 0 bridgehead atoms. The van der Waals surface area contributed by atoms with Gasteiger partial charge in [0.25, 0.3) is 0 Å². The Morgan fingerprint density at radius 3 is 2.42 bits per heavy atom. The number of carbonyl (C=O) groups is 2. The topological polar surface area (TPSA) is 79.9 Å². The summed E-state index contributed by atoms with van der Waals surface area (Å²) in [6.45, 7) is 5.52. The molecule has 0 aromatic heterocycles. The number of nitrogens with one attached hydrogen (secondary N) is 2. The number of anilines is 3. The summed E-state index contributed by atoms with van der Waals surface area (Å²) in [6.07, 6.45) is 5.35. The molecule has 0 heterocycles. The van der Waals surface area contributed by atoms with Crippen LogP contribution in [0.25, 0.3) is 0 Å². The van der Waals surface area contributed by atoms with Crippen LogP contribution in [0.15, 0.2) is 36.4 Å². The Bertz CT molecular complexity index is 1080. The predicted molar refractivity (Wildman–Crippen MR) is 151 cm³/mol. The van der Waals surface area contributed by atoms with Gasteiger partial charge in [0.1, 0.15) is 12.1 Å². The second-order valence-corrected chi connectivity index (χ2v) is 10.7. The second-order valence-electron chi connectivity index (χ2n) is 10.2. The Morgan fingerprint density at radius 1 is 1.11 bits per heavy atom. The summed E-state index contributed by atoms with van der Waals surface area (Å²) in [5.74, 6) is -0.389. The molecule has 1 atom stereocenters. The molecule has 2 amide bonds. The second kappa shape index (κ2) is 14.5. The quantitative estimate of drug-likeness (QED) is 0.284. The highest BCUT2D eigenvalue weighted by molar-refractivity contribution is 6.30. The Kier molecular flexibility index (Phi) is 11.4. The van der Waals surface area contributed by atoms with Crippen LogP contribution in [-0.2, 0) is 14.3 Å². The van der Waals surface area contributed by atoms with Crippen LogP contribution < -0.4 is 15.5 Å². The minimum atomic E-state index is -0.621. The number of methoxy groups -OCH3 is 2. The summed E-state index contributed by atoms with van der Waals surface area (Å²) in [5.41, 5.74) is 2.39. The van der Waals surface area contributed by atoms with Crippen molar-refractivity contribution in [1.82, 2.24) is 0 Å². The minimum Gasteiger partial charge on any atom is -0.384 e. The summed E-state index contributed by atoms with van der Waals surface area (Å²) in [7, 11) is 3.36. The predicted octanol–water partition coefficient (Wildman–Crippen LogP) is 6.86. The molecule has 1 aliphatic carbocycles. The van der Waals surface area contributed by atoms with Gasteiger partial charge in [-0.25, -0.2) is 9.18 Å². The maximum Gasteiger partial charge on any atom is 0.323 e. The third kappa shape index (κ3) is 8.16. The number of hydrogen-bond donors (Lipinski definition) is 2. The van der Waals surface area contributed by atoms with Crippen molar-refractivity contribution < 1.29 is 23.5 Å². The summed E-state index contributed by atoms with van der Waals surface area (Å²) in [6, 6.07) is 9.71. The van der Waals surface area contributed by atoms with Gasteiger partial charge in [-0.15, -0.1) is 0 Å². The molecule has 3 rings (SSSR count). The molecular formula is C29H39ClFN3O4. The summed E-state index contributed by atoms with van der Waals surface area (Å²) >= 11 is 5.85. The minimum absolute atomic E-state index is 0.0275. The SMILES string of the molecule is COCC(CC=O)c1ccc(N(CC(C)C)C2CCC(OC)CC2)c(NC(=O)Nc2ccc(Cl)cc2F)c1. The summed E-state index contributed by atoms with van der Waals surface area (Å²) in [5, 5.41) is 5.78.